The summed E-state index contributed by atoms with van der Waals surface area (Å²) in [7, 11) is 0. The van der Waals surface area contributed by atoms with Crippen LogP contribution in [0, 0.1) is 11.3 Å². The van der Waals surface area contributed by atoms with Crippen molar-refractivity contribution in [2.45, 2.75) is 154 Å². The number of para-hydroxylation sites is 1. The quantitative estimate of drug-likeness (QED) is 0.0151. The van der Waals surface area contributed by atoms with Gasteiger partial charge in [0.05, 0.1) is 48.2 Å². The molecule has 0 radical (unpaired) electrons. The van der Waals surface area contributed by atoms with Crippen LogP contribution in [0.3, 0.4) is 0 Å². The number of hydrogen-bond acceptors (Lipinski definition) is 17. The number of guanidine groups is 1. The number of aliphatic carboxylic acids is 1. The second-order valence-electron chi connectivity index (χ2n) is 24.2. The maximum atomic E-state index is 14.5. The van der Waals surface area contributed by atoms with E-state index < -0.39 is 125 Å². The van der Waals surface area contributed by atoms with E-state index in [-0.39, 0.29) is 88.3 Å². The Balaban J connectivity index is 0.928. The molecule has 0 bridgehead atoms. The number of ether oxygens (including phenoxy) is 2. The fourth-order valence-electron chi connectivity index (χ4n) is 10.9. The number of rotatable bonds is 22. The lowest BCUT2D eigenvalue weighted by atomic mass is 9.85. The highest BCUT2D eigenvalue weighted by molar-refractivity contribution is 6.03. The molecule has 3 aliphatic rings. The standard InChI is InChI=1S/C65H77N13O15/c1-7-65(43-28-49-55-41(33-78(49)60(88)42(43)34-91-62(65)90)40(31-71-93-64(4,5)6)39-16-11-12-17-44(39)73-55)92-61(89)54(35(2)3)77-51(80)24-23-50(79)69-30-38-21-19-37(20-22-38)27-47-57(85)74-45(18-13-25-68-63(66)67)56(84)70-32-52(81)72-48(29-53(82)83)59(87)76-46(58(86)75-47)26-36-14-9-8-10-15-36/h8-12,14-17,19-22,28,31,35,45-48,54H,7,13,18,23-27,29-30,32-34H2,1-6H3,(H,69,79)(H,70,84)(H,72,81)(H,74,85)(H,75,86)(H,76,87)(H,77,80)(H,82,83)(H4,66,67,68)/b71-31+/t45-,46?,47-,48-,54-,65-/m0/s1. The minimum atomic E-state index is -2.09. The van der Waals surface area contributed by atoms with E-state index in [1.54, 1.807) is 87.6 Å². The molecule has 8 rings (SSSR count). The van der Waals surface area contributed by atoms with Gasteiger partial charge < -0.3 is 72.3 Å². The number of fused-ring (bicyclic) bond motifs is 5. The number of amides is 7. The molecule has 1 saturated heterocycles. The van der Waals surface area contributed by atoms with Crippen LogP contribution < -0.4 is 53.8 Å². The van der Waals surface area contributed by atoms with E-state index in [0.717, 1.165) is 5.39 Å². The lowest BCUT2D eigenvalue weighted by Crippen LogP contribution is -2.58. The Labute approximate surface area is 534 Å². The summed E-state index contributed by atoms with van der Waals surface area (Å²) in [5.74, 6) is -9.87. The molecule has 5 heterocycles. The van der Waals surface area contributed by atoms with E-state index in [1.165, 1.54) is 4.57 Å². The Bertz CT molecular complexity index is 3810. The average Bonchev–Trinajstić information content (AvgIpc) is 1.63. The average molecular weight is 1280 g/mol. The van der Waals surface area contributed by atoms with Crippen molar-refractivity contribution in [1.29, 1.82) is 5.41 Å². The maximum Gasteiger partial charge on any atom is 0.355 e. The van der Waals surface area contributed by atoms with Crippen LogP contribution in [0.1, 0.15) is 119 Å². The summed E-state index contributed by atoms with van der Waals surface area (Å²) in [5, 5.41) is 42.8. The normalized spacial score (nSPS) is 19.6. The monoisotopic (exact) mass is 1280 g/mol. The maximum absolute atomic E-state index is 14.5. The zero-order chi connectivity index (χ0) is 67.3. The zero-order valence-corrected chi connectivity index (χ0v) is 52.4. The number of benzene rings is 3. The SMILES string of the molecule is CC[C@@]1(OC(=O)[C@@H](NC(=O)CCC(=O)NCc2ccc(C[C@@H]3NC(=O)C(Cc4ccccc4)NC(=O)[C@H](CC(=O)O)NC(=O)CNC(=O)[C@H](CCCNC(=N)N)NC3=O)cc2)C(C)C)C(=O)OCc2c1cc1n(c2=O)Cc2c-1nc1ccccc1c2/C=N/OC(C)(C)C. The van der Waals surface area contributed by atoms with E-state index in [2.05, 4.69) is 47.7 Å². The highest BCUT2D eigenvalue weighted by Crippen LogP contribution is 2.42. The number of nitrogens with two attached hydrogens (primary N) is 1. The number of aromatic nitrogens is 2. The van der Waals surface area contributed by atoms with Gasteiger partial charge in [-0.1, -0.05) is 98.7 Å². The topological polar surface area (TPSA) is 412 Å². The first-order valence-electron chi connectivity index (χ1n) is 30.5. The molecule has 12 N–H and O–H groups in total. The van der Waals surface area contributed by atoms with Crippen LogP contribution in [0.5, 0.6) is 0 Å². The predicted octanol–water partition coefficient (Wildman–Crippen LogP) is 1.61. The van der Waals surface area contributed by atoms with Crippen molar-refractivity contribution in [3.05, 3.63) is 134 Å². The second kappa shape index (κ2) is 30.1. The summed E-state index contributed by atoms with van der Waals surface area (Å²) >= 11 is 0. The Hall–Kier alpha value is -10.5. The van der Waals surface area contributed by atoms with Crippen LogP contribution in [0.15, 0.2) is 94.9 Å². The van der Waals surface area contributed by atoms with Gasteiger partial charge in [0.2, 0.25) is 47.0 Å². The third-order valence-electron chi connectivity index (χ3n) is 15.8. The number of carboxylic acid groups (broad SMARTS) is 1. The number of cyclic esters (lactones) is 1. The summed E-state index contributed by atoms with van der Waals surface area (Å²) < 4.78 is 13.3. The summed E-state index contributed by atoms with van der Waals surface area (Å²) in [6.45, 7) is 9.68. The molecule has 2 aromatic heterocycles. The van der Waals surface area contributed by atoms with Gasteiger partial charge in [0.25, 0.3) is 5.56 Å². The number of nitrogens with one attached hydrogen (secondary N) is 9. The molecule has 0 aliphatic carbocycles. The van der Waals surface area contributed by atoms with Gasteiger partial charge in [0.1, 0.15) is 42.4 Å². The van der Waals surface area contributed by atoms with Crippen molar-refractivity contribution in [1.82, 2.24) is 52.1 Å². The van der Waals surface area contributed by atoms with Gasteiger partial charge in [-0.25, -0.2) is 14.6 Å². The van der Waals surface area contributed by atoms with E-state index in [4.69, 9.17) is 30.4 Å². The number of pyridine rings is 2. The number of esters is 2. The van der Waals surface area contributed by atoms with Gasteiger partial charge in [-0.3, -0.25) is 48.6 Å². The second-order valence-corrected chi connectivity index (χ2v) is 24.2. The molecular weight excluding hydrogens is 1200 g/mol. The van der Waals surface area contributed by atoms with Gasteiger partial charge in [-0.15, -0.1) is 0 Å². The number of carbonyl (C=O) groups excluding carboxylic acids is 9. The van der Waals surface area contributed by atoms with Crippen LogP contribution in [-0.4, -0.2) is 135 Å². The Morgan fingerprint density at radius 2 is 1.44 bits per heavy atom. The Kier molecular flexibility index (Phi) is 22.1. The first-order valence-corrected chi connectivity index (χ1v) is 30.5. The molecule has 28 nitrogen and oxygen atoms in total. The molecular formula is C65H77N13O15. The van der Waals surface area contributed by atoms with Gasteiger partial charge in [-0.05, 0) is 74.8 Å². The smallest absolute Gasteiger partial charge is 0.355 e. The summed E-state index contributed by atoms with van der Waals surface area (Å²) in [6, 6.07) is 17.1. The van der Waals surface area contributed by atoms with Crippen LogP contribution in [0.25, 0.3) is 22.3 Å². The first kappa shape index (κ1) is 68.4. The minimum Gasteiger partial charge on any atom is -0.481 e. The number of carboxylic acids is 1. The van der Waals surface area contributed by atoms with Crippen molar-refractivity contribution in [3.8, 4) is 11.4 Å². The molecule has 3 aromatic carbocycles. The molecule has 5 aromatic rings. The van der Waals surface area contributed by atoms with E-state index >= 15 is 0 Å². The number of hydrogen-bond donors (Lipinski definition) is 11. The van der Waals surface area contributed by atoms with Gasteiger partial charge in [0, 0.05) is 60.8 Å². The van der Waals surface area contributed by atoms with Gasteiger partial charge >= 0.3 is 17.9 Å². The lowest BCUT2D eigenvalue weighted by Gasteiger charge is -2.37. The van der Waals surface area contributed by atoms with E-state index in [0.29, 0.717) is 44.7 Å². The van der Waals surface area contributed by atoms with E-state index in [1.807, 2.05) is 45.0 Å². The Morgan fingerprint density at radius 1 is 0.817 bits per heavy atom. The fourth-order valence-corrected chi connectivity index (χ4v) is 10.9. The first-order chi connectivity index (χ1) is 44.2. The summed E-state index contributed by atoms with van der Waals surface area (Å²) in [6.07, 6.45) is -0.191. The highest BCUT2D eigenvalue weighted by Gasteiger charge is 2.52. The van der Waals surface area contributed by atoms with Gasteiger partial charge in [0.15, 0.2) is 5.96 Å². The highest BCUT2D eigenvalue weighted by atomic mass is 16.6. The molecule has 3 aliphatic heterocycles. The van der Waals surface area contributed by atoms with Crippen LogP contribution in [0.4, 0.5) is 0 Å². The third-order valence-corrected chi connectivity index (χ3v) is 15.8. The van der Waals surface area contributed by atoms with Crippen LogP contribution >= 0.6 is 0 Å². The number of nitrogens with zero attached hydrogens (tertiary/aromatic N) is 3. The van der Waals surface area contributed by atoms with Crippen molar-refractivity contribution < 1.29 is 67.4 Å². The number of carbonyl (C=O) groups is 10. The number of oxime groups is 1. The van der Waals surface area contributed by atoms with Crippen molar-refractivity contribution in [3.63, 3.8) is 0 Å². The third kappa shape index (κ3) is 17.3. The van der Waals surface area contributed by atoms with Crippen molar-refractivity contribution in [2.75, 3.05) is 13.1 Å². The summed E-state index contributed by atoms with van der Waals surface area (Å²) in [4.78, 5) is 161. The predicted molar refractivity (Wildman–Crippen MR) is 337 cm³/mol. The molecule has 492 valence electrons. The molecule has 1 unspecified atom stereocenters. The molecule has 0 spiro atoms. The molecule has 28 heteroatoms. The minimum absolute atomic E-state index is 0.0117. The molecule has 1 fully saturated rings. The largest absolute Gasteiger partial charge is 0.481 e. The Morgan fingerprint density at radius 3 is 2.09 bits per heavy atom. The van der Waals surface area contributed by atoms with Gasteiger partial charge in [-0.2, -0.15) is 0 Å². The fraction of sp³-hybridized carbons (Fsp3) is 0.415. The van der Waals surface area contributed by atoms with Crippen molar-refractivity contribution in [2.24, 2.45) is 16.8 Å². The molecule has 0 saturated carbocycles. The van der Waals surface area contributed by atoms with E-state index in [9.17, 15) is 57.8 Å². The molecule has 7 amide bonds. The lowest BCUT2D eigenvalue weighted by molar-refractivity contribution is -0.191. The molecule has 6 atom stereocenters. The molecule has 93 heavy (non-hydrogen) atoms. The zero-order valence-electron chi connectivity index (χ0n) is 52.4. The van der Waals surface area contributed by atoms with Crippen molar-refractivity contribution >= 4 is 82.3 Å². The summed E-state index contributed by atoms with van der Waals surface area (Å²) in [5.41, 5.74) is 7.04. The van der Waals surface area contributed by atoms with Crippen LogP contribution in [-0.2, 0) is 100 Å². The van der Waals surface area contributed by atoms with Crippen LogP contribution in [0.2, 0.25) is 0 Å².